The van der Waals surface area contributed by atoms with Crippen molar-refractivity contribution in [3.8, 4) is 11.5 Å². The lowest BCUT2D eigenvalue weighted by molar-refractivity contribution is -0.275. The van der Waals surface area contributed by atoms with E-state index < -0.39 is 35.3 Å². The minimum Gasteiger partial charge on any atom is -0.504 e. The summed E-state index contributed by atoms with van der Waals surface area (Å²) in [7, 11) is 0. The fourth-order valence-corrected chi connectivity index (χ4v) is 1.40. The monoisotopic (exact) mass is 306 g/mol. The molecule has 1 rings (SSSR count). The van der Waals surface area contributed by atoms with E-state index in [-0.39, 0.29) is 0 Å². The van der Waals surface area contributed by atoms with E-state index in [2.05, 4.69) is 4.74 Å². The Balaban J connectivity index is 2.86. The van der Waals surface area contributed by atoms with Crippen LogP contribution in [0.25, 0.3) is 0 Å². The van der Waals surface area contributed by atoms with Crippen LogP contribution in [0.4, 0.5) is 13.2 Å². The first kappa shape index (κ1) is 17.1. The SMILES string of the molecule is CC(OC(=O)C(C)(C)C)c1ccc(OC(F)(F)F)c(O)c1. The molecule has 1 N–H and O–H groups in total. The van der Waals surface area contributed by atoms with Crippen LogP contribution in [0.1, 0.15) is 39.4 Å². The second-order valence-corrected chi connectivity index (χ2v) is 5.57. The molecule has 1 unspecified atom stereocenters. The zero-order chi connectivity index (χ0) is 16.4. The maximum atomic E-state index is 12.1. The first-order chi connectivity index (χ1) is 9.40. The molecule has 4 nitrogen and oxygen atoms in total. The molecule has 0 bridgehead atoms. The third kappa shape index (κ3) is 5.17. The number of ether oxygens (including phenoxy) is 2. The zero-order valence-electron chi connectivity index (χ0n) is 12.1. The summed E-state index contributed by atoms with van der Waals surface area (Å²) in [5.41, 5.74) is -0.338. The molecule has 7 heteroatoms. The third-order valence-electron chi connectivity index (χ3n) is 2.57. The molecule has 1 atom stereocenters. The molecule has 1 aromatic carbocycles. The van der Waals surface area contributed by atoms with Gasteiger partial charge >= 0.3 is 12.3 Å². The van der Waals surface area contributed by atoms with E-state index in [0.717, 1.165) is 12.1 Å². The number of rotatable bonds is 3. The van der Waals surface area contributed by atoms with E-state index >= 15 is 0 Å². The molecule has 0 radical (unpaired) electrons. The summed E-state index contributed by atoms with van der Waals surface area (Å²) in [5, 5.41) is 9.53. The van der Waals surface area contributed by atoms with Gasteiger partial charge in [-0.1, -0.05) is 6.07 Å². The molecular weight excluding hydrogens is 289 g/mol. The first-order valence-corrected chi connectivity index (χ1v) is 6.20. The number of carbonyl (C=O) groups excluding carboxylic acids is 1. The fraction of sp³-hybridized carbons (Fsp3) is 0.500. The Morgan fingerprint density at radius 1 is 1.24 bits per heavy atom. The van der Waals surface area contributed by atoms with Crippen LogP contribution in [-0.4, -0.2) is 17.4 Å². The summed E-state index contributed by atoms with van der Waals surface area (Å²) < 4.78 is 45.1. The van der Waals surface area contributed by atoms with E-state index in [1.807, 2.05) is 0 Å². The van der Waals surface area contributed by atoms with Crippen LogP contribution in [0, 0.1) is 5.41 Å². The molecule has 0 aromatic heterocycles. The number of halogens is 3. The van der Waals surface area contributed by atoms with Gasteiger partial charge in [0.25, 0.3) is 0 Å². The molecule has 0 amide bonds. The third-order valence-corrected chi connectivity index (χ3v) is 2.57. The van der Waals surface area contributed by atoms with Crippen molar-refractivity contribution in [3.63, 3.8) is 0 Å². The van der Waals surface area contributed by atoms with E-state index in [4.69, 9.17) is 4.74 Å². The van der Waals surface area contributed by atoms with Crippen molar-refractivity contribution < 1.29 is 32.5 Å². The Hall–Kier alpha value is -1.92. The van der Waals surface area contributed by atoms with Gasteiger partial charge in [-0.15, -0.1) is 13.2 Å². The summed E-state index contributed by atoms with van der Waals surface area (Å²) >= 11 is 0. The topological polar surface area (TPSA) is 55.8 Å². The molecule has 0 aliphatic heterocycles. The van der Waals surface area contributed by atoms with Crippen LogP contribution >= 0.6 is 0 Å². The molecule has 21 heavy (non-hydrogen) atoms. The molecule has 0 spiro atoms. The molecule has 0 aliphatic rings. The Morgan fingerprint density at radius 2 is 1.81 bits per heavy atom. The summed E-state index contributed by atoms with van der Waals surface area (Å²) in [6.07, 6.45) is -5.59. The number of hydrogen-bond acceptors (Lipinski definition) is 4. The van der Waals surface area contributed by atoms with Gasteiger partial charge in [-0.3, -0.25) is 4.79 Å². The summed E-state index contributed by atoms with van der Waals surface area (Å²) in [6, 6.07) is 3.34. The molecule has 0 saturated carbocycles. The van der Waals surface area contributed by atoms with Gasteiger partial charge in [-0.25, -0.2) is 0 Å². The first-order valence-electron chi connectivity index (χ1n) is 6.20. The van der Waals surface area contributed by atoms with Crippen molar-refractivity contribution in [2.75, 3.05) is 0 Å². The van der Waals surface area contributed by atoms with Crippen molar-refractivity contribution in [1.29, 1.82) is 0 Å². The fourth-order valence-electron chi connectivity index (χ4n) is 1.40. The lowest BCUT2D eigenvalue weighted by atomic mass is 9.97. The Kier molecular flexibility index (Phi) is 4.76. The van der Waals surface area contributed by atoms with Gasteiger partial charge in [0.1, 0.15) is 6.10 Å². The maximum Gasteiger partial charge on any atom is 0.573 e. The van der Waals surface area contributed by atoms with Gasteiger partial charge in [0.05, 0.1) is 5.41 Å². The van der Waals surface area contributed by atoms with E-state index in [9.17, 15) is 23.1 Å². The Morgan fingerprint density at radius 3 is 2.24 bits per heavy atom. The standard InChI is InChI=1S/C14H17F3O4/c1-8(20-12(19)13(2,3)4)9-5-6-11(10(18)7-9)21-14(15,16)17/h5-8,18H,1-4H3. The second-order valence-electron chi connectivity index (χ2n) is 5.57. The average molecular weight is 306 g/mol. The molecule has 118 valence electrons. The molecule has 0 saturated heterocycles. The highest BCUT2D eigenvalue weighted by Gasteiger charge is 2.32. The van der Waals surface area contributed by atoms with E-state index in [1.54, 1.807) is 27.7 Å². The number of alkyl halides is 3. The lowest BCUT2D eigenvalue weighted by Gasteiger charge is -2.21. The van der Waals surface area contributed by atoms with Crippen LogP contribution < -0.4 is 4.74 Å². The highest BCUT2D eigenvalue weighted by Crippen LogP contribution is 2.34. The zero-order valence-corrected chi connectivity index (χ0v) is 12.1. The average Bonchev–Trinajstić information content (AvgIpc) is 2.28. The minimum absolute atomic E-state index is 0.361. The molecule has 0 aliphatic carbocycles. The van der Waals surface area contributed by atoms with Crippen LogP contribution in [0.2, 0.25) is 0 Å². The van der Waals surface area contributed by atoms with Crippen molar-refractivity contribution in [2.45, 2.75) is 40.2 Å². The molecular formula is C14H17F3O4. The normalized spacial score (nSPS) is 13.7. The van der Waals surface area contributed by atoms with E-state index in [1.165, 1.54) is 6.07 Å². The summed E-state index contributed by atoms with van der Waals surface area (Å²) in [6.45, 7) is 6.60. The predicted molar refractivity (Wildman–Crippen MR) is 68.8 cm³/mol. The quantitative estimate of drug-likeness (QED) is 0.859. The lowest BCUT2D eigenvalue weighted by Crippen LogP contribution is -2.24. The Labute approximate surface area is 120 Å². The minimum atomic E-state index is -4.89. The van der Waals surface area contributed by atoms with Crippen LogP contribution in [0.5, 0.6) is 11.5 Å². The van der Waals surface area contributed by atoms with E-state index in [0.29, 0.717) is 5.56 Å². The number of esters is 1. The summed E-state index contributed by atoms with van der Waals surface area (Å²) in [4.78, 5) is 11.7. The number of phenolic OH excluding ortho intramolecular Hbond substituents is 1. The number of carbonyl (C=O) groups is 1. The predicted octanol–water partition coefficient (Wildman–Crippen LogP) is 3.94. The van der Waals surface area contributed by atoms with Gasteiger partial charge in [0.15, 0.2) is 11.5 Å². The van der Waals surface area contributed by atoms with Crippen LogP contribution in [0.3, 0.4) is 0 Å². The Bertz CT molecular complexity index is 518. The van der Waals surface area contributed by atoms with Crippen LogP contribution in [-0.2, 0) is 9.53 Å². The highest BCUT2D eigenvalue weighted by atomic mass is 19.4. The second kappa shape index (κ2) is 5.83. The maximum absolute atomic E-state index is 12.1. The smallest absolute Gasteiger partial charge is 0.504 e. The molecule has 0 heterocycles. The van der Waals surface area contributed by atoms with Crippen molar-refractivity contribution in [2.24, 2.45) is 5.41 Å². The number of phenols is 1. The van der Waals surface area contributed by atoms with Gasteiger partial charge in [-0.2, -0.15) is 0 Å². The van der Waals surface area contributed by atoms with Gasteiger partial charge in [0.2, 0.25) is 0 Å². The van der Waals surface area contributed by atoms with Crippen LogP contribution in [0.15, 0.2) is 18.2 Å². The largest absolute Gasteiger partial charge is 0.573 e. The van der Waals surface area contributed by atoms with Crippen molar-refractivity contribution >= 4 is 5.97 Å². The van der Waals surface area contributed by atoms with Gasteiger partial charge in [-0.05, 0) is 45.4 Å². The van der Waals surface area contributed by atoms with Crippen molar-refractivity contribution in [1.82, 2.24) is 0 Å². The molecule has 0 fully saturated rings. The number of hydrogen-bond donors (Lipinski definition) is 1. The molecule has 1 aromatic rings. The number of benzene rings is 1. The van der Waals surface area contributed by atoms with Crippen molar-refractivity contribution in [3.05, 3.63) is 23.8 Å². The van der Waals surface area contributed by atoms with Gasteiger partial charge in [0, 0.05) is 0 Å². The summed E-state index contributed by atoms with van der Waals surface area (Å²) in [5.74, 6) is -1.84. The highest BCUT2D eigenvalue weighted by molar-refractivity contribution is 5.75. The number of aromatic hydroxyl groups is 1. The van der Waals surface area contributed by atoms with Gasteiger partial charge < -0.3 is 14.6 Å².